The molecule has 0 saturated carbocycles. The summed E-state index contributed by atoms with van der Waals surface area (Å²) in [4.78, 5) is 14.8. The molecule has 2 aromatic carbocycles. The second-order valence-corrected chi connectivity index (χ2v) is 7.30. The van der Waals surface area contributed by atoms with E-state index in [0.717, 1.165) is 55.4 Å². The zero-order chi connectivity index (χ0) is 18.0. The van der Waals surface area contributed by atoms with Gasteiger partial charge in [0.2, 0.25) is 5.91 Å². The molecule has 5 heteroatoms. The van der Waals surface area contributed by atoms with Crippen LogP contribution in [0.25, 0.3) is 10.8 Å². The lowest BCUT2D eigenvalue weighted by atomic mass is 9.86. The molecular formula is C21H26N2O3. The number of nitrogens with one attached hydrogen (secondary N) is 1. The number of anilines is 1. The fraction of sp³-hybridized carbons (Fsp3) is 0.476. The normalized spacial score (nSPS) is 26.4. The SMILES string of the molecule is CO[C@H]1CN(CC(=O)Nc2cccc3ccccc23)CC[C@]12CCCO2. The second kappa shape index (κ2) is 7.35. The van der Waals surface area contributed by atoms with Crippen LogP contribution in [0.4, 0.5) is 5.69 Å². The fourth-order valence-electron chi connectivity index (χ4n) is 4.33. The van der Waals surface area contributed by atoms with Gasteiger partial charge < -0.3 is 14.8 Å². The lowest BCUT2D eigenvalue weighted by Gasteiger charge is -2.44. The monoisotopic (exact) mass is 354 g/mol. The van der Waals surface area contributed by atoms with Crippen LogP contribution in [0.2, 0.25) is 0 Å². The Morgan fingerprint density at radius 3 is 2.92 bits per heavy atom. The number of amides is 1. The first kappa shape index (κ1) is 17.5. The van der Waals surface area contributed by atoms with Crippen LogP contribution in [-0.2, 0) is 14.3 Å². The summed E-state index contributed by atoms with van der Waals surface area (Å²) in [5, 5.41) is 5.27. The van der Waals surface area contributed by atoms with Crippen molar-refractivity contribution in [2.24, 2.45) is 0 Å². The van der Waals surface area contributed by atoms with Gasteiger partial charge in [0.25, 0.3) is 0 Å². The number of fused-ring (bicyclic) bond motifs is 1. The Bertz CT molecular complexity index is 780. The highest BCUT2D eigenvalue weighted by atomic mass is 16.5. The molecule has 5 nitrogen and oxygen atoms in total. The number of methoxy groups -OCH3 is 1. The summed E-state index contributed by atoms with van der Waals surface area (Å²) in [7, 11) is 1.74. The molecule has 0 radical (unpaired) electrons. The molecule has 2 atom stereocenters. The molecule has 1 N–H and O–H groups in total. The van der Waals surface area contributed by atoms with Gasteiger partial charge in [0, 0.05) is 37.9 Å². The standard InChI is InChI=1S/C21H26N2O3/c1-25-19-14-23(12-11-21(19)10-5-13-26-21)15-20(24)22-18-9-4-7-16-6-2-3-8-17(16)18/h2-4,6-9,19H,5,10-15H2,1H3,(H,22,24)/t19-,21+/m0/s1. The van der Waals surface area contributed by atoms with Gasteiger partial charge in [-0.15, -0.1) is 0 Å². The van der Waals surface area contributed by atoms with E-state index in [2.05, 4.69) is 22.3 Å². The zero-order valence-corrected chi connectivity index (χ0v) is 15.2. The average molecular weight is 354 g/mol. The van der Waals surface area contributed by atoms with Crippen LogP contribution in [0, 0.1) is 0 Å². The van der Waals surface area contributed by atoms with Gasteiger partial charge in [0.15, 0.2) is 0 Å². The number of benzene rings is 2. The Kier molecular flexibility index (Phi) is 4.94. The molecule has 0 aliphatic carbocycles. The summed E-state index contributed by atoms with van der Waals surface area (Å²) in [5.74, 6) is 0.0134. The van der Waals surface area contributed by atoms with Gasteiger partial charge in [-0.1, -0.05) is 36.4 Å². The molecule has 26 heavy (non-hydrogen) atoms. The van der Waals surface area contributed by atoms with Gasteiger partial charge in [-0.2, -0.15) is 0 Å². The van der Waals surface area contributed by atoms with Crippen molar-refractivity contribution in [3.05, 3.63) is 42.5 Å². The van der Waals surface area contributed by atoms with Gasteiger partial charge in [-0.25, -0.2) is 0 Å². The molecule has 2 aliphatic heterocycles. The van der Waals surface area contributed by atoms with Gasteiger partial charge in [0.1, 0.15) is 0 Å². The number of nitrogens with zero attached hydrogens (tertiary/aromatic N) is 1. The Balaban J connectivity index is 1.41. The first-order chi connectivity index (χ1) is 12.7. The summed E-state index contributed by atoms with van der Waals surface area (Å²) < 4.78 is 11.7. The predicted molar refractivity (Wildman–Crippen MR) is 102 cm³/mol. The van der Waals surface area contributed by atoms with Crippen molar-refractivity contribution < 1.29 is 14.3 Å². The molecule has 138 valence electrons. The number of hydrogen-bond acceptors (Lipinski definition) is 4. The summed E-state index contributed by atoms with van der Waals surface area (Å²) in [6.45, 7) is 2.79. The van der Waals surface area contributed by atoms with E-state index < -0.39 is 0 Å². The maximum Gasteiger partial charge on any atom is 0.238 e. The number of piperidine rings is 1. The number of ether oxygens (including phenoxy) is 2. The maximum atomic E-state index is 12.6. The molecule has 1 spiro atoms. The number of rotatable bonds is 4. The highest BCUT2D eigenvalue weighted by Gasteiger charge is 2.46. The van der Waals surface area contributed by atoms with Crippen LogP contribution >= 0.6 is 0 Å². The van der Waals surface area contributed by atoms with Gasteiger partial charge in [-0.05, 0) is 30.7 Å². The third kappa shape index (κ3) is 3.34. The molecule has 2 aliphatic rings. The molecule has 2 aromatic rings. The largest absolute Gasteiger partial charge is 0.377 e. The molecule has 2 heterocycles. The minimum atomic E-state index is -0.142. The average Bonchev–Trinajstić information content (AvgIpc) is 3.13. The number of likely N-dealkylation sites (tertiary alicyclic amines) is 1. The van der Waals surface area contributed by atoms with Crippen molar-refractivity contribution in [1.82, 2.24) is 4.90 Å². The Hall–Kier alpha value is -1.95. The van der Waals surface area contributed by atoms with Gasteiger partial charge >= 0.3 is 0 Å². The minimum absolute atomic E-state index is 0.0134. The van der Waals surface area contributed by atoms with Crippen LogP contribution in [0.3, 0.4) is 0 Å². The van der Waals surface area contributed by atoms with E-state index in [9.17, 15) is 4.79 Å². The number of carbonyl (C=O) groups excluding carboxylic acids is 1. The van der Waals surface area contributed by atoms with E-state index in [1.807, 2.05) is 30.3 Å². The summed E-state index contributed by atoms with van der Waals surface area (Å²) in [6, 6.07) is 14.1. The minimum Gasteiger partial charge on any atom is -0.377 e. The van der Waals surface area contributed by atoms with Crippen molar-refractivity contribution in [1.29, 1.82) is 0 Å². The van der Waals surface area contributed by atoms with E-state index in [4.69, 9.17) is 9.47 Å². The molecule has 0 bridgehead atoms. The smallest absolute Gasteiger partial charge is 0.238 e. The first-order valence-electron chi connectivity index (χ1n) is 9.37. The zero-order valence-electron chi connectivity index (χ0n) is 15.2. The fourth-order valence-corrected chi connectivity index (χ4v) is 4.33. The molecule has 2 saturated heterocycles. The highest BCUT2D eigenvalue weighted by Crippen LogP contribution is 2.37. The second-order valence-electron chi connectivity index (χ2n) is 7.30. The highest BCUT2D eigenvalue weighted by molar-refractivity contribution is 6.02. The Labute approximate surface area is 154 Å². The Morgan fingerprint density at radius 1 is 1.27 bits per heavy atom. The predicted octanol–water partition coefficient (Wildman–Crippen LogP) is 3.05. The van der Waals surface area contributed by atoms with Crippen molar-refractivity contribution in [2.75, 3.05) is 38.7 Å². The molecule has 1 amide bonds. The lowest BCUT2D eigenvalue weighted by Crippen LogP contribution is -2.57. The van der Waals surface area contributed by atoms with Crippen LogP contribution in [0.15, 0.2) is 42.5 Å². The maximum absolute atomic E-state index is 12.6. The third-order valence-corrected chi connectivity index (χ3v) is 5.71. The van der Waals surface area contributed by atoms with Gasteiger partial charge in [-0.3, -0.25) is 9.69 Å². The number of carbonyl (C=O) groups is 1. The van der Waals surface area contributed by atoms with E-state index >= 15 is 0 Å². The quantitative estimate of drug-likeness (QED) is 0.917. The van der Waals surface area contributed by atoms with E-state index in [0.29, 0.717) is 6.54 Å². The van der Waals surface area contributed by atoms with E-state index in [1.165, 1.54) is 0 Å². The van der Waals surface area contributed by atoms with Crippen LogP contribution in [0.1, 0.15) is 19.3 Å². The van der Waals surface area contributed by atoms with Crippen molar-refractivity contribution in [3.63, 3.8) is 0 Å². The van der Waals surface area contributed by atoms with Crippen LogP contribution in [0.5, 0.6) is 0 Å². The number of hydrogen-bond donors (Lipinski definition) is 1. The van der Waals surface area contributed by atoms with Crippen molar-refractivity contribution in [3.8, 4) is 0 Å². The lowest BCUT2D eigenvalue weighted by molar-refractivity contribution is -0.145. The van der Waals surface area contributed by atoms with Crippen molar-refractivity contribution in [2.45, 2.75) is 31.0 Å². The topological polar surface area (TPSA) is 50.8 Å². The van der Waals surface area contributed by atoms with Crippen molar-refractivity contribution >= 4 is 22.4 Å². The van der Waals surface area contributed by atoms with E-state index in [-0.39, 0.29) is 17.6 Å². The molecule has 4 rings (SSSR count). The van der Waals surface area contributed by atoms with Crippen LogP contribution < -0.4 is 5.32 Å². The van der Waals surface area contributed by atoms with Crippen LogP contribution in [-0.4, -0.2) is 55.9 Å². The molecule has 0 unspecified atom stereocenters. The third-order valence-electron chi connectivity index (χ3n) is 5.71. The molecule has 0 aromatic heterocycles. The summed E-state index contributed by atoms with van der Waals surface area (Å²) in [5.41, 5.74) is 0.723. The summed E-state index contributed by atoms with van der Waals surface area (Å²) in [6.07, 6.45) is 3.11. The molecule has 2 fully saturated rings. The van der Waals surface area contributed by atoms with Gasteiger partial charge in [0.05, 0.1) is 18.2 Å². The first-order valence-corrected chi connectivity index (χ1v) is 9.37. The van der Waals surface area contributed by atoms with E-state index in [1.54, 1.807) is 7.11 Å². The summed E-state index contributed by atoms with van der Waals surface area (Å²) >= 11 is 0. The Morgan fingerprint density at radius 2 is 2.12 bits per heavy atom. The molecular weight excluding hydrogens is 328 g/mol.